The molecule has 0 spiro atoms. The molecule has 5 nitrogen and oxygen atoms in total. The maximum Gasteiger partial charge on any atom is 0.308 e. The minimum absolute atomic E-state index is 0.154. The summed E-state index contributed by atoms with van der Waals surface area (Å²) in [7, 11) is 0. The molecule has 1 aromatic rings. The van der Waals surface area contributed by atoms with Crippen LogP contribution in [0.1, 0.15) is 23.4 Å². The normalized spacial score (nSPS) is 20.3. The molecule has 0 aromatic carbocycles. The van der Waals surface area contributed by atoms with E-state index in [0.29, 0.717) is 24.4 Å². The van der Waals surface area contributed by atoms with Crippen LogP contribution in [0.3, 0.4) is 0 Å². The quantitative estimate of drug-likeness (QED) is 0.878. The van der Waals surface area contributed by atoms with Gasteiger partial charge in [0.15, 0.2) is 5.76 Å². The first-order valence-corrected chi connectivity index (χ1v) is 5.72. The number of hydrogen-bond donors (Lipinski definition) is 1. The average molecular weight is 258 g/mol. The van der Waals surface area contributed by atoms with Crippen molar-refractivity contribution in [2.45, 2.75) is 12.8 Å². The second-order valence-corrected chi connectivity index (χ2v) is 4.49. The monoisotopic (exact) mass is 257 g/mol. The van der Waals surface area contributed by atoms with Gasteiger partial charge in [-0.2, -0.15) is 0 Å². The maximum atomic E-state index is 12.0. The van der Waals surface area contributed by atoms with Gasteiger partial charge < -0.3 is 14.4 Å². The van der Waals surface area contributed by atoms with Crippen molar-refractivity contribution in [3.8, 4) is 0 Å². The van der Waals surface area contributed by atoms with Crippen LogP contribution in [-0.4, -0.2) is 35.0 Å². The van der Waals surface area contributed by atoms with Crippen LogP contribution in [0.25, 0.3) is 0 Å². The van der Waals surface area contributed by atoms with E-state index >= 15 is 0 Å². The molecule has 1 aromatic heterocycles. The zero-order valence-corrected chi connectivity index (χ0v) is 9.81. The summed E-state index contributed by atoms with van der Waals surface area (Å²) in [5, 5.41) is 9.29. The molecule has 1 aliphatic heterocycles. The van der Waals surface area contributed by atoms with Crippen LogP contribution >= 0.6 is 11.6 Å². The number of furan rings is 1. The Bertz CT molecular complexity index is 442. The first-order valence-electron chi connectivity index (χ1n) is 5.34. The van der Waals surface area contributed by atoms with Crippen molar-refractivity contribution >= 4 is 23.5 Å². The molecule has 0 radical (unpaired) electrons. The van der Waals surface area contributed by atoms with Gasteiger partial charge in [-0.3, -0.25) is 9.59 Å². The van der Waals surface area contributed by atoms with Crippen LogP contribution < -0.4 is 0 Å². The second kappa shape index (κ2) is 4.79. The van der Waals surface area contributed by atoms with Crippen molar-refractivity contribution < 1.29 is 19.1 Å². The van der Waals surface area contributed by atoms with E-state index in [4.69, 9.17) is 21.1 Å². The molecule has 2 rings (SSSR count). The van der Waals surface area contributed by atoms with Gasteiger partial charge in [-0.05, 0) is 12.8 Å². The van der Waals surface area contributed by atoms with Crippen LogP contribution in [0.5, 0.6) is 0 Å². The van der Waals surface area contributed by atoms with E-state index in [-0.39, 0.29) is 18.2 Å². The number of aliphatic carboxylic acids is 1. The second-order valence-electron chi connectivity index (χ2n) is 4.06. The number of nitrogens with zero attached hydrogens (tertiary/aromatic N) is 1. The third kappa shape index (κ3) is 2.61. The molecular formula is C11H12ClNO4. The Balaban J connectivity index is 2.07. The van der Waals surface area contributed by atoms with Gasteiger partial charge in [0, 0.05) is 19.2 Å². The maximum absolute atomic E-state index is 12.0. The molecule has 6 heteroatoms. The summed E-state index contributed by atoms with van der Waals surface area (Å²) < 4.78 is 5.00. The highest BCUT2D eigenvalue weighted by Gasteiger charge is 2.29. The molecule has 1 N–H and O–H groups in total. The highest BCUT2D eigenvalue weighted by Crippen LogP contribution is 2.20. The number of carbonyl (C=O) groups excluding carboxylic acids is 1. The first-order chi connectivity index (χ1) is 8.08. The lowest BCUT2D eigenvalue weighted by Gasteiger charge is -2.29. The molecule has 1 atom stereocenters. The van der Waals surface area contributed by atoms with Gasteiger partial charge >= 0.3 is 5.97 Å². The third-order valence-electron chi connectivity index (χ3n) is 2.84. The van der Waals surface area contributed by atoms with E-state index in [1.54, 1.807) is 0 Å². The molecule has 1 saturated heterocycles. The summed E-state index contributed by atoms with van der Waals surface area (Å²) in [5.74, 6) is -1.50. The zero-order valence-electron chi connectivity index (χ0n) is 9.06. The van der Waals surface area contributed by atoms with Crippen molar-refractivity contribution in [2.24, 2.45) is 5.92 Å². The molecule has 1 fully saturated rings. The Kier molecular flexibility index (Phi) is 3.38. The summed E-state index contributed by atoms with van der Waals surface area (Å²) in [6, 6.07) is 1.44. The highest BCUT2D eigenvalue weighted by molar-refractivity contribution is 6.30. The Morgan fingerprint density at radius 3 is 2.88 bits per heavy atom. The molecule has 92 valence electrons. The summed E-state index contributed by atoms with van der Waals surface area (Å²) in [6.45, 7) is 0.785. The summed E-state index contributed by atoms with van der Waals surface area (Å²) in [6.07, 6.45) is 2.59. The number of rotatable bonds is 2. The van der Waals surface area contributed by atoms with Crippen molar-refractivity contribution in [3.63, 3.8) is 0 Å². The molecule has 2 heterocycles. The number of carboxylic acid groups (broad SMARTS) is 1. The molecule has 17 heavy (non-hydrogen) atoms. The first kappa shape index (κ1) is 12.0. The predicted octanol–water partition coefficient (Wildman–Crippen LogP) is 1.87. The number of likely N-dealkylation sites (tertiary alicyclic amines) is 1. The Morgan fingerprint density at radius 2 is 2.29 bits per heavy atom. The van der Waals surface area contributed by atoms with Crippen LogP contribution in [0, 0.1) is 5.92 Å². The number of halogens is 1. The van der Waals surface area contributed by atoms with Gasteiger partial charge in [0.2, 0.25) is 0 Å². The van der Waals surface area contributed by atoms with E-state index in [0.717, 1.165) is 0 Å². The number of piperidine rings is 1. The van der Waals surface area contributed by atoms with E-state index in [9.17, 15) is 9.59 Å². The predicted molar refractivity (Wildman–Crippen MR) is 60.0 cm³/mol. The van der Waals surface area contributed by atoms with Crippen LogP contribution in [0.15, 0.2) is 16.7 Å². The summed E-state index contributed by atoms with van der Waals surface area (Å²) in [4.78, 5) is 24.3. The van der Waals surface area contributed by atoms with E-state index in [1.165, 1.54) is 17.2 Å². The Labute approximate surface area is 103 Å². The molecular weight excluding hydrogens is 246 g/mol. The topological polar surface area (TPSA) is 70.8 Å². The zero-order chi connectivity index (χ0) is 12.4. The lowest BCUT2D eigenvalue weighted by atomic mass is 9.98. The third-order valence-corrected chi connectivity index (χ3v) is 3.03. The average Bonchev–Trinajstić information content (AvgIpc) is 2.75. The van der Waals surface area contributed by atoms with Gasteiger partial charge in [-0.1, -0.05) is 11.6 Å². The lowest BCUT2D eigenvalue weighted by Crippen LogP contribution is -2.42. The largest absolute Gasteiger partial charge is 0.481 e. The molecule has 0 saturated carbocycles. The van der Waals surface area contributed by atoms with Crippen LogP contribution in [-0.2, 0) is 4.79 Å². The number of carboxylic acids is 1. The van der Waals surface area contributed by atoms with Crippen molar-refractivity contribution in [1.29, 1.82) is 0 Å². The fourth-order valence-electron chi connectivity index (χ4n) is 1.94. The molecule has 1 amide bonds. The Morgan fingerprint density at radius 1 is 1.53 bits per heavy atom. The fraction of sp³-hybridized carbons (Fsp3) is 0.455. The summed E-state index contributed by atoms with van der Waals surface area (Å²) in [5.41, 5.74) is 0. The Hall–Kier alpha value is -1.49. The van der Waals surface area contributed by atoms with Crippen molar-refractivity contribution in [1.82, 2.24) is 4.90 Å². The minimum atomic E-state index is -0.861. The fourth-order valence-corrected chi connectivity index (χ4v) is 2.09. The van der Waals surface area contributed by atoms with Crippen molar-refractivity contribution in [2.75, 3.05) is 13.1 Å². The number of hydrogen-bond acceptors (Lipinski definition) is 3. The molecule has 1 unspecified atom stereocenters. The standard InChI is InChI=1S/C11H12ClNO4/c12-8-4-9(17-6-8)10(14)13-3-1-2-7(5-13)11(15)16/h4,6-7H,1-3,5H2,(H,15,16). The van der Waals surface area contributed by atoms with E-state index < -0.39 is 11.9 Å². The van der Waals surface area contributed by atoms with Crippen LogP contribution in [0.4, 0.5) is 0 Å². The lowest BCUT2D eigenvalue weighted by molar-refractivity contribution is -0.143. The highest BCUT2D eigenvalue weighted by atomic mass is 35.5. The SMILES string of the molecule is O=C(O)C1CCCN(C(=O)c2cc(Cl)co2)C1. The van der Waals surface area contributed by atoms with Gasteiger partial charge in [-0.25, -0.2) is 0 Å². The van der Waals surface area contributed by atoms with Gasteiger partial charge in [0.05, 0.1) is 10.9 Å². The molecule has 0 bridgehead atoms. The van der Waals surface area contributed by atoms with E-state index in [1.807, 2.05) is 0 Å². The van der Waals surface area contributed by atoms with E-state index in [2.05, 4.69) is 0 Å². The van der Waals surface area contributed by atoms with Gasteiger partial charge in [0.1, 0.15) is 6.26 Å². The minimum Gasteiger partial charge on any atom is -0.481 e. The smallest absolute Gasteiger partial charge is 0.308 e. The van der Waals surface area contributed by atoms with Crippen LogP contribution in [0.2, 0.25) is 5.02 Å². The summed E-state index contributed by atoms with van der Waals surface area (Å²) >= 11 is 5.66. The van der Waals surface area contributed by atoms with Crippen molar-refractivity contribution in [3.05, 3.63) is 23.1 Å². The number of carbonyl (C=O) groups is 2. The van der Waals surface area contributed by atoms with Gasteiger partial charge in [0.25, 0.3) is 5.91 Å². The number of amides is 1. The van der Waals surface area contributed by atoms with Gasteiger partial charge in [-0.15, -0.1) is 0 Å². The molecule has 1 aliphatic rings. The molecule has 0 aliphatic carbocycles.